The summed E-state index contributed by atoms with van der Waals surface area (Å²) >= 11 is 0. The molecule has 2 aromatic rings. The number of anilines is 1. The fourth-order valence-corrected chi connectivity index (χ4v) is 1.44. The van der Waals surface area contributed by atoms with E-state index in [1.165, 1.54) is 6.26 Å². The number of urea groups is 1. The Hall–Kier alpha value is -2.70. The largest absolute Gasteiger partial charge is 0.497 e. The van der Waals surface area contributed by atoms with Gasteiger partial charge < -0.3 is 19.3 Å². The highest BCUT2D eigenvalue weighted by molar-refractivity contribution is 5.87. The van der Waals surface area contributed by atoms with Gasteiger partial charge in [-0.15, -0.1) is 0 Å². The van der Waals surface area contributed by atoms with Crippen LogP contribution in [0.15, 0.2) is 41.1 Å². The monoisotopic (exact) mass is 277 g/mol. The molecule has 2 amide bonds. The van der Waals surface area contributed by atoms with Crippen LogP contribution in [0.4, 0.5) is 10.6 Å². The fourth-order valence-electron chi connectivity index (χ4n) is 1.44. The van der Waals surface area contributed by atoms with Crippen molar-refractivity contribution in [2.24, 2.45) is 0 Å². The summed E-state index contributed by atoms with van der Waals surface area (Å²) in [6.45, 7) is 0.730. The highest BCUT2D eigenvalue weighted by atomic mass is 16.5. The van der Waals surface area contributed by atoms with Gasteiger partial charge in [-0.2, -0.15) is 0 Å². The van der Waals surface area contributed by atoms with Gasteiger partial charge in [0.25, 0.3) is 0 Å². The van der Waals surface area contributed by atoms with Crippen LogP contribution < -0.4 is 20.1 Å². The van der Waals surface area contributed by atoms with E-state index in [0.717, 1.165) is 5.75 Å². The highest BCUT2D eigenvalue weighted by Gasteiger charge is 2.03. The summed E-state index contributed by atoms with van der Waals surface area (Å²) in [4.78, 5) is 11.4. The molecule has 0 saturated heterocycles. The Labute approximate surface area is 115 Å². The number of amides is 2. The first-order valence-corrected chi connectivity index (χ1v) is 6.00. The number of carbonyl (C=O) groups excluding carboxylic acids is 1. The number of benzene rings is 1. The zero-order valence-corrected chi connectivity index (χ0v) is 11.0. The summed E-state index contributed by atoms with van der Waals surface area (Å²) in [6.07, 6.45) is 1.38. The number of hydrogen-bond acceptors (Lipinski definition) is 5. The second-order valence-electron chi connectivity index (χ2n) is 3.79. The van der Waals surface area contributed by atoms with Crippen molar-refractivity contribution in [1.29, 1.82) is 0 Å². The van der Waals surface area contributed by atoms with Crippen molar-refractivity contribution in [3.63, 3.8) is 0 Å². The van der Waals surface area contributed by atoms with Crippen molar-refractivity contribution in [1.82, 2.24) is 10.5 Å². The summed E-state index contributed by atoms with van der Waals surface area (Å²) in [5, 5.41) is 8.70. The first-order valence-electron chi connectivity index (χ1n) is 6.00. The third-order valence-electron chi connectivity index (χ3n) is 2.40. The molecule has 7 heteroatoms. The molecule has 0 bridgehead atoms. The number of nitrogens with one attached hydrogen (secondary N) is 2. The van der Waals surface area contributed by atoms with Crippen LogP contribution in [0.1, 0.15) is 0 Å². The lowest BCUT2D eigenvalue weighted by Gasteiger charge is -2.08. The van der Waals surface area contributed by atoms with Crippen LogP contribution in [-0.2, 0) is 0 Å². The topological polar surface area (TPSA) is 85.6 Å². The zero-order chi connectivity index (χ0) is 14.2. The van der Waals surface area contributed by atoms with Gasteiger partial charge in [0.15, 0.2) is 5.82 Å². The maximum atomic E-state index is 11.4. The lowest BCUT2D eigenvalue weighted by molar-refractivity contribution is 0.247. The maximum Gasteiger partial charge on any atom is 0.320 e. The Kier molecular flexibility index (Phi) is 4.82. The van der Waals surface area contributed by atoms with E-state index in [0.29, 0.717) is 24.7 Å². The molecule has 20 heavy (non-hydrogen) atoms. The third kappa shape index (κ3) is 4.20. The standard InChI is InChI=1S/C13H15N3O4/c1-18-10-2-4-11(5-3-10)19-9-7-14-13(17)15-12-6-8-20-16-12/h2-6,8H,7,9H2,1H3,(H2,14,15,16,17). The van der Waals surface area contributed by atoms with Crippen molar-refractivity contribution < 1.29 is 18.8 Å². The van der Waals surface area contributed by atoms with E-state index in [-0.39, 0.29) is 6.03 Å². The van der Waals surface area contributed by atoms with Crippen molar-refractivity contribution in [3.8, 4) is 11.5 Å². The number of rotatable bonds is 6. The smallest absolute Gasteiger partial charge is 0.320 e. The molecule has 0 aliphatic heterocycles. The Morgan fingerprint density at radius 2 is 2.00 bits per heavy atom. The van der Waals surface area contributed by atoms with Crippen molar-refractivity contribution in [2.45, 2.75) is 0 Å². The second kappa shape index (κ2) is 7.03. The van der Waals surface area contributed by atoms with Gasteiger partial charge in [0.05, 0.1) is 13.7 Å². The van der Waals surface area contributed by atoms with E-state index in [1.54, 1.807) is 37.4 Å². The van der Waals surface area contributed by atoms with Gasteiger partial charge in [0.2, 0.25) is 0 Å². The molecule has 0 spiro atoms. The molecule has 0 radical (unpaired) electrons. The Morgan fingerprint density at radius 3 is 2.65 bits per heavy atom. The summed E-state index contributed by atoms with van der Waals surface area (Å²) in [6, 6.07) is 8.40. The molecule has 0 aliphatic carbocycles. The number of carbonyl (C=O) groups is 1. The molecule has 2 rings (SSSR count). The van der Waals surface area contributed by atoms with Crippen molar-refractivity contribution >= 4 is 11.8 Å². The van der Waals surface area contributed by atoms with E-state index in [2.05, 4.69) is 20.3 Å². The lowest BCUT2D eigenvalue weighted by atomic mass is 10.3. The normalized spacial score (nSPS) is 9.85. The van der Waals surface area contributed by atoms with Gasteiger partial charge in [-0.1, -0.05) is 5.16 Å². The first-order chi connectivity index (χ1) is 9.78. The Morgan fingerprint density at radius 1 is 1.25 bits per heavy atom. The minimum Gasteiger partial charge on any atom is -0.497 e. The molecule has 7 nitrogen and oxygen atoms in total. The SMILES string of the molecule is COc1ccc(OCCNC(=O)Nc2ccon2)cc1. The average Bonchev–Trinajstić information content (AvgIpc) is 2.97. The molecule has 2 N–H and O–H groups in total. The summed E-state index contributed by atoms with van der Waals surface area (Å²) in [7, 11) is 1.60. The molecule has 106 valence electrons. The van der Waals surface area contributed by atoms with E-state index >= 15 is 0 Å². The van der Waals surface area contributed by atoms with Gasteiger partial charge in [0, 0.05) is 6.07 Å². The second-order valence-corrected chi connectivity index (χ2v) is 3.79. The van der Waals surface area contributed by atoms with Gasteiger partial charge >= 0.3 is 6.03 Å². The van der Waals surface area contributed by atoms with Crippen LogP contribution in [0.5, 0.6) is 11.5 Å². The van der Waals surface area contributed by atoms with E-state index in [9.17, 15) is 4.79 Å². The summed E-state index contributed by atoms with van der Waals surface area (Å²) < 4.78 is 15.1. The number of methoxy groups -OCH3 is 1. The van der Waals surface area contributed by atoms with Gasteiger partial charge in [0.1, 0.15) is 24.4 Å². The Bertz CT molecular complexity index is 525. The van der Waals surface area contributed by atoms with Gasteiger partial charge in [-0.05, 0) is 24.3 Å². The van der Waals surface area contributed by atoms with Crippen LogP contribution in [-0.4, -0.2) is 31.4 Å². The fraction of sp³-hybridized carbons (Fsp3) is 0.231. The molecular weight excluding hydrogens is 262 g/mol. The lowest BCUT2D eigenvalue weighted by Crippen LogP contribution is -2.32. The van der Waals surface area contributed by atoms with Crippen LogP contribution in [0.25, 0.3) is 0 Å². The zero-order valence-electron chi connectivity index (χ0n) is 11.0. The molecule has 0 saturated carbocycles. The van der Waals surface area contributed by atoms with E-state index in [4.69, 9.17) is 9.47 Å². The molecule has 0 unspecified atom stereocenters. The quantitative estimate of drug-likeness (QED) is 0.787. The van der Waals surface area contributed by atoms with E-state index < -0.39 is 0 Å². The minimum atomic E-state index is -0.364. The number of aromatic nitrogens is 1. The summed E-state index contributed by atoms with van der Waals surface area (Å²) in [5.41, 5.74) is 0. The predicted octanol–water partition coefficient (Wildman–Crippen LogP) is 1.88. The summed E-state index contributed by atoms with van der Waals surface area (Å²) in [5.74, 6) is 1.84. The third-order valence-corrected chi connectivity index (χ3v) is 2.40. The van der Waals surface area contributed by atoms with Crippen molar-refractivity contribution in [2.75, 3.05) is 25.6 Å². The maximum absolute atomic E-state index is 11.4. The Balaban J connectivity index is 1.64. The average molecular weight is 277 g/mol. The molecular formula is C13H15N3O4. The number of hydrogen-bond donors (Lipinski definition) is 2. The van der Waals surface area contributed by atoms with Crippen LogP contribution >= 0.6 is 0 Å². The molecule has 0 atom stereocenters. The predicted molar refractivity (Wildman–Crippen MR) is 72.0 cm³/mol. The van der Waals surface area contributed by atoms with Gasteiger partial charge in [-0.3, -0.25) is 5.32 Å². The van der Waals surface area contributed by atoms with Crippen molar-refractivity contribution in [3.05, 3.63) is 36.6 Å². The molecule has 1 aromatic carbocycles. The molecule has 1 heterocycles. The highest BCUT2D eigenvalue weighted by Crippen LogP contribution is 2.16. The molecule has 0 fully saturated rings. The number of nitrogens with zero attached hydrogens (tertiary/aromatic N) is 1. The van der Waals surface area contributed by atoms with Crippen LogP contribution in [0.3, 0.4) is 0 Å². The minimum absolute atomic E-state index is 0.360. The van der Waals surface area contributed by atoms with E-state index in [1.807, 2.05) is 0 Å². The van der Waals surface area contributed by atoms with Gasteiger partial charge in [-0.25, -0.2) is 4.79 Å². The first kappa shape index (κ1) is 13.7. The number of ether oxygens (including phenoxy) is 2. The van der Waals surface area contributed by atoms with Crippen LogP contribution in [0.2, 0.25) is 0 Å². The molecule has 1 aromatic heterocycles. The molecule has 0 aliphatic rings. The van der Waals surface area contributed by atoms with Crippen LogP contribution in [0, 0.1) is 0 Å².